The minimum atomic E-state index is -0.678. The molecule has 0 bridgehead atoms. The molecule has 2 aliphatic heterocycles. The first-order valence-corrected chi connectivity index (χ1v) is 6.09. The molecule has 0 aromatic carbocycles. The van der Waals surface area contributed by atoms with E-state index in [0.29, 0.717) is 26.1 Å². The first-order chi connectivity index (χ1) is 7.72. The Morgan fingerprint density at radius 3 is 2.75 bits per heavy atom. The molecule has 0 radical (unpaired) electrons. The Morgan fingerprint density at radius 2 is 2.00 bits per heavy atom. The van der Waals surface area contributed by atoms with Gasteiger partial charge in [0.25, 0.3) is 0 Å². The number of nitrogens with two attached hydrogens (primary N) is 1. The fraction of sp³-hybridized carbons (Fsp3) is 0.909. The molecule has 0 saturated carbocycles. The lowest BCUT2D eigenvalue weighted by Gasteiger charge is -2.36. The van der Waals surface area contributed by atoms with E-state index in [2.05, 4.69) is 5.32 Å². The third kappa shape index (κ3) is 2.53. The third-order valence-electron chi connectivity index (χ3n) is 3.44. The van der Waals surface area contributed by atoms with Crippen LogP contribution in [0.3, 0.4) is 0 Å². The van der Waals surface area contributed by atoms with Gasteiger partial charge in [-0.2, -0.15) is 0 Å². The van der Waals surface area contributed by atoms with Gasteiger partial charge in [0.1, 0.15) is 0 Å². The summed E-state index contributed by atoms with van der Waals surface area (Å²) in [6.45, 7) is 4.68. The molecule has 2 fully saturated rings. The summed E-state index contributed by atoms with van der Waals surface area (Å²) in [5, 5.41) is 3.29. The summed E-state index contributed by atoms with van der Waals surface area (Å²) in [5.41, 5.74) is 5.51. The largest absolute Gasteiger partial charge is 0.381 e. The van der Waals surface area contributed by atoms with Crippen LogP contribution in [0.2, 0.25) is 0 Å². The molecule has 2 saturated heterocycles. The van der Waals surface area contributed by atoms with E-state index in [-0.39, 0.29) is 5.91 Å². The lowest BCUT2D eigenvalue weighted by molar-refractivity contribution is -0.140. The molecule has 92 valence electrons. The van der Waals surface area contributed by atoms with E-state index in [4.69, 9.17) is 10.5 Å². The van der Waals surface area contributed by atoms with Crippen LogP contribution < -0.4 is 11.1 Å². The molecule has 0 aliphatic carbocycles. The minimum Gasteiger partial charge on any atom is -0.381 e. The number of hydrogen-bond donors (Lipinski definition) is 2. The first kappa shape index (κ1) is 11.8. The van der Waals surface area contributed by atoms with Crippen LogP contribution >= 0.6 is 0 Å². The van der Waals surface area contributed by atoms with E-state index in [9.17, 15) is 4.79 Å². The molecule has 0 unspecified atom stereocenters. The van der Waals surface area contributed by atoms with Crippen molar-refractivity contribution in [1.29, 1.82) is 0 Å². The van der Waals surface area contributed by atoms with Crippen molar-refractivity contribution in [2.24, 2.45) is 5.73 Å². The number of ether oxygens (including phenoxy) is 1. The zero-order valence-electron chi connectivity index (χ0n) is 9.71. The van der Waals surface area contributed by atoms with Crippen LogP contribution in [-0.2, 0) is 9.53 Å². The topological polar surface area (TPSA) is 67.6 Å². The fourth-order valence-electron chi connectivity index (χ4n) is 2.31. The molecule has 0 aromatic heterocycles. The SMILES string of the molecule is NC1(C(=O)N2CCCNCC2)CCOCC1. The second-order valence-corrected chi connectivity index (χ2v) is 4.66. The van der Waals surface area contributed by atoms with Gasteiger partial charge < -0.3 is 20.7 Å². The van der Waals surface area contributed by atoms with E-state index < -0.39 is 5.54 Å². The van der Waals surface area contributed by atoms with Crippen molar-refractivity contribution >= 4 is 5.91 Å². The summed E-state index contributed by atoms with van der Waals surface area (Å²) in [5.74, 6) is 0.111. The van der Waals surface area contributed by atoms with E-state index in [1.165, 1.54) is 0 Å². The lowest BCUT2D eigenvalue weighted by atomic mass is 9.89. The Kier molecular flexibility index (Phi) is 3.78. The Balaban J connectivity index is 1.98. The van der Waals surface area contributed by atoms with Gasteiger partial charge in [0.15, 0.2) is 0 Å². The Bertz CT molecular complexity index is 244. The average Bonchev–Trinajstić information content (AvgIpc) is 2.57. The van der Waals surface area contributed by atoms with Gasteiger partial charge in [0.2, 0.25) is 5.91 Å². The van der Waals surface area contributed by atoms with E-state index in [1.54, 1.807) is 0 Å². The van der Waals surface area contributed by atoms with Crippen LogP contribution in [0.5, 0.6) is 0 Å². The van der Waals surface area contributed by atoms with Crippen molar-refractivity contribution < 1.29 is 9.53 Å². The van der Waals surface area contributed by atoms with E-state index in [1.807, 2.05) is 4.90 Å². The summed E-state index contributed by atoms with van der Waals surface area (Å²) >= 11 is 0. The second-order valence-electron chi connectivity index (χ2n) is 4.66. The molecular formula is C11H21N3O2. The van der Waals surface area contributed by atoms with Crippen LogP contribution in [0.4, 0.5) is 0 Å². The maximum atomic E-state index is 12.3. The molecule has 3 N–H and O–H groups in total. The molecule has 0 atom stereocenters. The van der Waals surface area contributed by atoms with E-state index in [0.717, 1.165) is 32.6 Å². The van der Waals surface area contributed by atoms with Crippen LogP contribution in [0.1, 0.15) is 19.3 Å². The molecule has 2 rings (SSSR count). The highest BCUT2D eigenvalue weighted by atomic mass is 16.5. The molecule has 5 nitrogen and oxygen atoms in total. The third-order valence-corrected chi connectivity index (χ3v) is 3.44. The zero-order chi connectivity index (χ0) is 11.4. The molecule has 16 heavy (non-hydrogen) atoms. The zero-order valence-corrected chi connectivity index (χ0v) is 9.71. The van der Waals surface area contributed by atoms with Gasteiger partial charge in [-0.3, -0.25) is 4.79 Å². The van der Waals surface area contributed by atoms with Crippen molar-refractivity contribution in [3.63, 3.8) is 0 Å². The molecule has 5 heteroatoms. The highest BCUT2D eigenvalue weighted by Crippen LogP contribution is 2.20. The summed E-state index contributed by atoms with van der Waals surface area (Å²) in [6, 6.07) is 0. The molecule has 0 aromatic rings. The van der Waals surface area contributed by atoms with Gasteiger partial charge in [-0.1, -0.05) is 0 Å². The first-order valence-electron chi connectivity index (χ1n) is 6.09. The standard InChI is InChI=1S/C11H21N3O2/c12-11(2-8-16-9-3-11)10(15)14-6-1-4-13-5-7-14/h13H,1-9,12H2. The van der Waals surface area contributed by atoms with Crippen molar-refractivity contribution in [3.05, 3.63) is 0 Å². The summed E-state index contributed by atoms with van der Waals surface area (Å²) < 4.78 is 5.26. The molecule has 2 heterocycles. The quantitative estimate of drug-likeness (QED) is 0.622. The minimum absolute atomic E-state index is 0.111. The molecule has 1 amide bonds. The van der Waals surface area contributed by atoms with Crippen LogP contribution in [-0.4, -0.2) is 55.7 Å². The highest BCUT2D eigenvalue weighted by molar-refractivity contribution is 5.86. The Hall–Kier alpha value is -0.650. The highest BCUT2D eigenvalue weighted by Gasteiger charge is 2.38. The maximum Gasteiger partial charge on any atom is 0.242 e. The summed E-state index contributed by atoms with van der Waals surface area (Å²) in [4.78, 5) is 14.3. The second kappa shape index (κ2) is 5.12. The average molecular weight is 227 g/mol. The Morgan fingerprint density at radius 1 is 1.25 bits per heavy atom. The lowest BCUT2D eigenvalue weighted by Crippen LogP contribution is -2.58. The smallest absolute Gasteiger partial charge is 0.242 e. The number of nitrogens with one attached hydrogen (secondary N) is 1. The van der Waals surface area contributed by atoms with Crippen LogP contribution in [0.15, 0.2) is 0 Å². The Labute approximate surface area is 96.3 Å². The van der Waals surface area contributed by atoms with Crippen LogP contribution in [0.25, 0.3) is 0 Å². The predicted molar refractivity (Wildman–Crippen MR) is 61.0 cm³/mol. The van der Waals surface area contributed by atoms with Crippen molar-refractivity contribution in [2.75, 3.05) is 39.4 Å². The molecule has 2 aliphatic rings. The monoisotopic (exact) mass is 227 g/mol. The molecule has 0 spiro atoms. The van der Waals surface area contributed by atoms with Crippen LogP contribution in [0, 0.1) is 0 Å². The van der Waals surface area contributed by atoms with Gasteiger partial charge in [-0.05, 0) is 25.8 Å². The van der Waals surface area contributed by atoms with Gasteiger partial charge in [-0.25, -0.2) is 0 Å². The van der Waals surface area contributed by atoms with Gasteiger partial charge in [0.05, 0.1) is 5.54 Å². The van der Waals surface area contributed by atoms with Gasteiger partial charge in [0, 0.05) is 32.8 Å². The normalized spacial score (nSPS) is 26.2. The number of rotatable bonds is 1. The number of carbonyl (C=O) groups excluding carboxylic acids is 1. The van der Waals surface area contributed by atoms with Gasteiger partial charge >= 0.3 is 0 Å². The summed E-state index contributed by atoms with van der Waals surface area (Å²) in [6.07, 6.45) is 2.31. The van der Waals surface area contributed by atoms with Gasteiger partial charge in [-0.15, -0.1) is 0 Å². The summed E-state index contributed by atoms with van der Waals surface area (Å²) in [7, 11) is 0. The predicted octanol–water partition coefficient (Wildman–Crippen LogP) is -0.684. The number of amides is 1. The number of hydrogen-bond acceptors (Lipinski definition) is 4. The molecular weight excluding hydrogens is 206 g/mol. The van der Waals surface area contributed by atoms with E-state index >= 15 is 0 Å². The maximum absolute atomic E-state index is 12.3. The number of carbonyl (C=O) groups is 1. The fourth-order valence-corrected chi connectivity index (χ4v) is 2.31. The number of nitrogens with zero attached hydrogens (tertiary/aromatic N) is 1. The van der Waals surface area contributed by atoms with Crippen molar-refractivity contribution in [3.8, 4) is 0 Å². The van der Waals surface area contributed by atoms with Crippen molar-refractivity contribution in [2.45, 2.75) is 24.8 Å². The van der Waals surface area contributed by atoms with Crippen molar-refractivity contribution in [1.82, 2.24) is 10.2 Å².